The molecule has 8 nitrogen and oxygen atoms in total. The lowest BCUT2D eigenvalue weighted by Crippen LogP contribution is -2.59. The van der Waals surface area contributed by atoms with Crippen LogP contribution in [-0.4, -0.2) is 51.5 Å². The van der Waals surface area contributed by atoms with Gasteiger partial charge in [-0.25, -0.2) is 4.98 Å². The third-order valence-electron chi connectivity index (χ3n) is 5.28. The third kappa shape index (κ3) is 3.55. The normalized spacial score (nSPS) is 19.0. The third-order valence-corrected chi connectivity index (χ3v) is 5.97. The van der Waals surface area contributed by atoms with Gasteiger partial charge in [0.2, 0.25) is 5.91 Å². The SMILES string of the molecule is Cc1noc(C)c1C(=O)N1CCC(Nc2nccs2)(C(=O)NC2CC2)CC1. The first-order chi connectivity index (χ1) is 13.0. The Labute approximate surface area is 161 Å². The number of carbonyl (C=O) groups excluding carboxylic acids is 2. The molecule has 27 heavy (non-hydrogen) atoms. The lowest BCUT2D eigenvalue weighted by molar-refractivity contribution is -0.127. The summed E-state index contributed by atoms with van der Waals surface area (Å²) in [5.41, 5.74) is 0.384. The van der Waals surface area contributed by atoms with Crippen LogP contribution >= 0.6 is 11.3 Å². The minimum absolute atomic E-state index is 0.00429. The molecular weight excluding hydrogens is 366 g/mol. The number of hydrogen-bond donors (Lipinski definition) is 2. The fraction of sp³-hybridized carbons (Fsp3) is 0.556. The zero-order valence-corrected chi connectivity index (χ0v) is 16.3. The minimum atomic E-state index is -0.740. The van der Waals surface area contributed by atoms with Crippen LogP contribution in [0.3, 0.4) is 0 Å². The number of piperidine rings is 1. The summed E-state index contributed by atoms with van der Waals surface area (Å²) in [7, 11) is 0. The summed E-state index contributed by atoms with van der Waals surface area (Å²) in [6.45, 7) is 4.48. The Bertz CT molecular complexity index is 816. The quantitative estimate of drug-likeness (QED) is 0.812. The summed E-state index contributed by atoms with van der Waals surface area (Å²) in [5.74, 6) is 0.447. The molecule has 1 saturated carbocycles. The molecule has 144 valence electrons. The Balaban J connectivity index is 1.50. The highest BCUT2D eigenvalue weighted by atomic mass is 32.1. The van der Waals surface area contributed by atoms with E-state index < -0.39 is 5.54 Å². The maximum absolute atomic E-state index is 13.0. The van der Waals surface area contributed by atoms with E-state index in [1.54, 1.807) is 24.9 Å². The largest absolute Gasteiger partial charge is 0.361 e. The number of aryl methyl sites for hydroxylation is 2. The number of thiazole rings is 1. The molecule has 2 aliphatic rings. The predicted molar refractivity (Wildman–Crippen MR) is 101 cm³/mol. The fourth-order valence-corrected chi connectivity index (χ4v) is 4.11. The van der Waals surface area contributed by atoms with E-state index in [-0.39, 0.29) is 17.9 Å². The van der Waals surface area contributed by atoms with Gasteiger partial charge in [-0.3, -0.25) is 9.59 Å². The first kappa shape index (κ1) is 18.0. The molecule has 2 N–H and O–H groups in total. The van der Waals surface area contributed by atoms with Gasteiger partial charge in [0.15, 0.2) is 5.13 Å². The van der Waals surface area contributed by atoms with E-state index in [1.165, 1.54) is 11.3 Å². The van der Waals surface area contributed by atoms with Gasteiger partial charge in [-0.1, -0.05) is 5.16 Å². The number of nitrogens with one attached hydrogen (secondary N) is 2. The van der Waals surface area contributed by atoms with Gasteiger partial charge in [-0.2, -0.15) is 0 Å². The highest BCUT2D eigenvalue weighted by Gasteiger charge is 2.44. The maximum atomic E-state index is 13.0. The number of hydrogen-bond acceptors (Lipinski definition) is 7. The van der Waals surface area contributed by atoms with E-state index in [1.807, 2.05) is 5.38 Å². The van der Waals surface area contributed by atoms with Crippen molar-refractivity contribution in [3.8, 4) is 0 Å². The molecule has 2 fully saturated rings. The second-order valence-electron chi connectivity index (χ2n) is 7.28. The number of aromatic nitrogens is 2. The van der Waals surface area contributed by atoms with Crippen LogP contribution < -0.4 is 10.6 Å². The van der Waals surface area contributed by atoms with Crippen molar-refractivity contribution >= 4 is 28.3 Å². The average molecular weight is 389 g/mol. The Morgan fingerprint density at radius 2 is 2.04 bits per heavy atom. The molecule has 2 aromatic rings. The second kappa shape index (κ2) is 6.95. The van der Waals surface area contributed by atoms with Crippen molar-refractivity contribution in [2.45, 2.75) is 51.1 Å². The monoisotopic (exact) mass is 389 g/mol. The molecule has 0 radical (unpaired) electrons. The van der Waals surface area contributed by atoms with Gasteiger partial charge in [0.1, 0.15) is 16.9 Å². The highest BCUT2D eigenvalue weighted by Crippen LogP contribution is 2.31. The standard InChI is InChI=1S/C18H23N5O3S/c1-11-14(12(2)26-22-11)15(24)23-8-5-18(6-9-23,16(25)20-13-3-4-13)21-17-19-7-10-27-17/h7,10,13H,3-6,8-9H2,1-2H3,(H,19,21)(H,20,25). The highest BCUT2D eigenvalue weighted by molar-refractivity contribution is 7.13. The Morgan fingerprint density at radius 1 is 1.30 bits per heavy atom. The number of anilines is 1. The molecule has 1 aliphatic carbocycles. The van der Waals surface area contributed by atoms with Gasteiger partial charge in [0.05, 0.1) is 5.69 Å². The van der Waals surface area contributed by atoms with Crippen LogP contribution in [0.4, 0.5) is 5.13 Å². The van der Waals surface area contributed by atoms with Crippen molar-refractivity contribution in [1.82, 2.24) is 20.4 Å². The Morgan fingerprint density at radius 3 is 2.59 bits per heavy atom. The number of carbonyl (C=O) groups is 2. The van der Waals surface area contributed by atoms with E-state index in [9.17, 15) is 9.59 Å². The average Bonchev–Trinajstić information content (AvgIpc) is 3.20. The van der Waals surface area contributed by atoms with Crippen molar-refractivity contribution in [1.29, 1.82) is 0 Å². The molecule has 0 atom stereocenters. The van der Waals surface area contributed by atoms with E-state index >= 15 is 0 Å². The van der Waals surface area contributed by atoms with Gasteiger partial charge < -0.3 is 20.1 Å². The lowest BCUT2D eigenvalue weighted by Gasteiger charge is -2.41. The molecule has 2 amide bonds. The van der Waals surface area contributed by atoms with Crippen molar-refractivity contribution in [3.05, 3.63) is 28.6 Å². The number of nitrogens with zero attached hydrogens (tertiary/aromatic N) is 3. The predicted octanol–water partition coefficient (Wildman–Crippen LogP) is 2.11. The van der Waals surface area contributed by atoms with Crippen molar-refractivity contribution in [2.75, 3.05) is 18.4 Å². The number of likely N-dealkylation sites (tertiary alicyclic amines) is 1. The van der Waals surface area contributed by atoms with Crippen LogP contribution in [0, 0.1) is 13.8 Å². The van der Waals surface area contributed by atoms with Crippen LogP contribution in [0.25, 0.3) is 0 Å². The molecule has 0 bridgehead atoms. The first-order valence-electron chi connectivity index (χ1n) is 9.19. The molecule has 1 aliphatic heterocycles. The van der Waals surface area contributed by atoms with Crippen LogP contribution in [-0.2, 0) is 4.79 Å². The summed E-state index contributed by atoms with van der Waals surface area (Å²) in [5, 5.41) is 12.9. The van der Waals surface area contributed by atoms with Crippen molar-refractivity contribution in [3.63, 3.8) is 0 Å². The first-order valence-corrected chi connectivity index (χ1v) is 10.1. The maximum Gasteiger partial charge on any atom is 0.259 e. The van der Waals surface area contributed by atoms with Gasteiger partial charge in [0, 0.05) is 30.7 Å². The molecule has 3 heterocycles. The summed E-state index contributed by atoms with van der Waals surface area (Å²) < 4.78 is 5.13. The number of rotatable bonds is 5. The summed E-state index contributed by atoms with van der Waals surface area (Å²) in [4.78, 5) is 31.9. The van der Waals surface area contributed by atoms with Crippen LogP contribution in [0.1, 0.15) is 47.5 Å². The summed E-state index contributed by atoms with van der Waals surface area (Å²) in [6.07, 6.45) is 4.85. The second-order valence-corrected chi connectivity index (χ2v) is 8.18. The fourth-order valence-electron chi connectivity index (χ4n) is 3.49. The molecule has 0 unspecified atom stereocenters. The molecule has 0 spiro atoms. The zero-order valence-electron chi connectivity index (χ0n) is 15.4. The van der Waals surface area contributed by atoms with Crippen molar-refractivity contribution in [2.24, 2.45) is 0 Å². The smallest absolute Gasteiger partial charge is 0.259 e. The molecule has 0 aromatic carbocycles. The van der Waals surface area contributed by atoms with Crippen LogP contribution in [0.2, 0.25) is 0 Å². The van der Waals surface area contributed by atoms with Crippen molar-refractivity contribution < 1.29 is 14.1 Å². The molecule has 2 aromatic heterocycles. The molecular formula is C18H23N5O3S. The number of amides is 2. The van der Waals surface area contributed by atoms with E-state index in [4.69, 9.17) is 4.52 Å². The molecule has 1 saturated heterocycles. The van der Waals surface area contributed by atoms with Gasteiger partial charge in [-0.05, 0) is 39.5 Å². The minimum Gasteiger partial charge on any atom is -0.361 e. The van der Waals surface area contributed by atoms with E-state index in [0.29, 0.717) is 42.9 Å². The topological polar surface area (TPSA) is 100 Å². The zero-order chi connectivity index (χ0) is 19.0. The van der Waals surface area contributed by atoms with Gasteiger partial charge in [-0.15, -0.1) is 11.3 Å². The molecule has 4 rings (SSSR count). The van der Waals surface area contributed by atoms with E-state index in [2.05, 4.69) is 20.8 Å². The van der Waals surface area contributed by atoms with Gasteiger partial charge in [0.25, 0.3) is 5.91 Å². The van der Waals surface area contributed by atoms with Crippen LogP contribution in [0.5, 0.6) is 0 Å². The molecule has 9 heteroatoms. The summed E-state index contributed by atoms with van der Waals surface area (Å²) >= 11 is 1.47. The van der Waals surface area contributed by atoms with Gasteiger partial charge >= 0.3 is 0 Å². The Hall–Kier alpha value is -2.42. The van der Waals surface area contributed by atoms with E-state index in [0.717, 1.165) is 18.0 Å². The Kier molecular flexibility index (Phi) is 4.63. The summed E-state index contributed by atoms with van der Waals surface area (Å²) in [6, 6.07) is 0.287. The van der Waals surface area contributed by atoms with Crippen LogP contribution in [0.15, 0.2) is 16.1 Å². The lowest BCUT2D eigenvalue weighted by atomic mass is 9.86.